The molecule has 0 unspecified atom stereocenters. The minimum atomic E-state index is -1.12. The molecular formula is C14H8O5. The van der Waals surface area contributed by atoms with Crippen molar-refractivity contribution in [1.82, 2.24) is 0 Å². The molecule has 0 spiro atoms. The zero-order valence-electron chi connectivity index (χ0n) is 9.58. The van der Waals surface area contributed by atoms with Crippen molar-refractivity contribution < 1.29 is 19.4 Å². The Balaban J connectivity index is 2.66. The van der Waals surface area contributed by atoms with E-state index in [1.807, 2.05) is 0 Å². The fourth-order valence-corrected chi connectivity index (χ4v) is 2.14. The van der Waals surface area contributed by atoms with Crippen LogP contribution in [0, 0.1) is 0 Å². The predicted molar refractivity (Wildman–Crippen MR) is 68.6 cm³/mol. The second kappa shape index (κ2) is 3.84. The summed E-state index contributed by atoms with van der Waals surface area (Å²) in [6.07, 6.45) is 0. The van der Waals surface area contributed by atoms with Gasteiger partial charge in [-0.15, -0.1) is 0 Å². The van der Waals surface area contributed by atoms with Crippen molar-refractivity contribution in [2.24, 2.45) is 0 Å². The lowest BCUT2D eigenvalue weighted by Gasteiger charge is -2.05. The fraction of sp³-hybridized carbons (Fsp3) is 0. The first-order valence-electron chi connectivity index (χ1n) is 5.50. The Labute approximate surface area is 106 Å². The van der Waals surface area contributed by atoms with Crippen LogP contribution in [0.4, 0.5) is 0 Å². The van der Waals surface area contributed by atoms with Gasteiger partial charge in [0, 0.05) is 10.8 Å². The summed E-state index contributed by atoms with van der Waals surface area (Å²) in [7, 11) is 0. The van der Waals surface area contributed by atoms with E-state index in [4.69, 9.17) is 4.42 Å². The average Bonchev–Trinajstić information content (AvgIpc) is 2.37. The number of fused-ring (bicyclic) bond motifs is 3. The predicted octanol–water partition coefficient (Wildman–Crippen LogP) is 2.35. The Morgan fingerprint density at radius 2 is 1.89 bits per heavy atom. The first-order chi connectivity index (χ1) is 9.08. The summed E-state index contributed by atoms with van der Waals surface area (Å²) in [5.41, 5.74) is -0.357. The zero-order chi connectivity index (χ0) is 13.6. The van der Waals surface area contributed by atoms with Gasteiger partial charge in [-0.3, -0.25) is 0 Å². The lowest BCUT2D eigenvalue weighted by atomic mass is 10.0. The van der Waals surface area contributed by atoms with E-state index in [0.29, 0.717) is 10.8 Å². The number of hydrogen-bond acceptors (Lipinski definition) is 4. The lowest BCUT2D eigenvalue weighted by molar-refractivity contribution is 0.0699. The van der Waals surface area contributed by atoms with Crippen LogP contribution in [-0.4, -0.2) is 16.2 Å². The van der Waals surface area contributed by atoms with E-state index in [1.165, 1.54) is 36.4 Å². The molecule has 0 fully saturated rings. The molecule has 0 aliphatic heterocycles. The van der Waals surface area contributed by atoms with E-state index in [9.17, 15) is 19.8 Å². The second-order valence-corrected chi connectivity index (χ2v) is 4.10. The number of rotatable bonds is 1. The molecule has 19 heavy (non-hydrogen) atoms. The van der Waals surface area contributed by atoms with Crippen molar-refractivity contribution in [2.45, 2.75) is 0 Å². The van der Waals surface area contributed by atoms with E-state index < -0.39 is 11.6 Å². The van der Waals surface area contributed by atoms with Crippen LogP contribution in [0.15, 0.2) is 45.6 Å². The number of phenolic OH excluding ortho intramolecular Hbond substituents is 1. The molecule has 94 valence electrons. The Kier molecular flexibility index (Phi) is 2.28. The van der Waals surface area contributed by atoms with Gasteiger partial charge >= 0.3 is 11.6 Å². The van der Waals surface area contributed by atoms with Crippen molar-refractivity contribution in [1.29, 1.82) is 0 Å². The van der Waals surface area contributed by atoms with Crippen LogP contribution in [0.2, 0.25) is 0 Å². The van der Waals surface area contributed by atoms with Gasteiger partial charge in [0.25, 0.3) is 0 Å². The molecule has 2 aromatic carbocycles. The van der Waals surface area contributed by atoms with Crippen LogP contribution in [-0.2, 0) is 0 Å². The molecule has 5 nitrogen and oxygen atoms in total. The van der Waals surface area contributed by atoms with Crippen LogP contribution in [0.1, 0.15) is 10.4 Å². The first-order valence-corrected chi connectivity index (χ1v) is 5.50. The first kappa shape index (κ1) is 11.3. The van der Waals surface area contributed by atoms with Gasteiger partial charge < -0.3 is 14.6 Å². The van der Waals surface area contributed by atoms with E-state index in [1.54, 1.807) is 0 Å². The van der Waals surface area contributed by atoms with Crippen LogP contribution in [0.3, 0.4) is 0 Å². The molecule has 0 saturated heterocycles. The van der Waals surface area contributed by atoms with Crippen molar-refractivity contribution in [3.05, 3.63) is 52.4 Å². The normalized spacial score (nSPS) is 10.9. The summed E-state index contributed by atoms with van der Waals surface area (Å²) in [5, 5.41) is 19.6. The number of aromatic hydroxyl groups is 1. The summed E-state index contributed by atoms with van der Waals surface area (Å²) in [6.45, 7) is 0. The maximum absolute atomic E-state index is 11.8. The highest BCUT2D eigenvalue weighted by molar-refractivity contribution is 6.14. The highest BCUT2D eigenvalue weighted by Crippen LogP contribution is 2.28. The number of carboxylic acid groups (broad SMARTS) is 1. The maximum atomic E-state index is 11.8. The van der Waals surface area contributed by atoms with Gasteiger partial charge in [0.2, 0.25) is 0 Å². The molecule has 0 saturated carbocycles. The molecular weight excluding hydrogens is 248 g/mol. The van der Waals surface area contributed by atoms with Crippen molar-refractivity contribution in [3.8, 4) is 5.75 Å². The highest BCUT2D eigenvalue weighted by atomic mass is 16.4. The van der Waals surface area contributed by atoms with Crippen molar-refractivity contribution in [3.63, 3.8) is 0 Å². The minimum Gasteiger partial charge on any atom is -0.508 e. The van der Waals surface area contributed by atoms with Gasteiger partial charge in [0.15, 0.2) is 0 Å². The molecule has 1 aromatic heterocycles. The highest BCUT2D eigenvalue weighted by Gasteiger charge is 2.15. The zero-order valence-corrected chi connectivity index (χ0v) is 9.58. The molecule has 2 N–H and O–H groups in total. The quantitative estimate of drug-likeness (QED) is 0.515. The second-order valence-electron chi connectivity index (χ2n) is 4.10. The van der Waals surface area contributed by atoms with E-state index in [-0.39, 0.29) is 22.3 Å². The van der Waals surface area contributed by atoms with E-state index in [2.05, 4.69) is 0 Å². The Bertz CT molecular complexity index is 876. The molecule has 1 heterocycles. The number of carbonyl (C=O) groups is 1. The summed E-state index contributed by atoms with van der Waals surface area (Å²) in [6, 6.07) is 8.58. The fourth-order valence-electron chi connectivity index (χ4n) is 2.14. The molecule has 3 rings (SSSR count). The standard InChI is InChI=1S/C14H8O5/c15-7-4-5-8-10(6-7)12-9(13(16)17)2-1-3-11(12)19-14(8)18/h1-6,15H,(H,16,17). The van der Waals surface area contributed by atoms with Gasteiger partial charge in [-0.25, -0.2) is 9.59 Å². The number of benzene rings is 2. The van der Waals surface area contributed by atoms with Crippen LogP contribution in [0.5, 0.6) is 5.75 Å². The van der Waals surface area contributed by atoms with Gasteiger partial charge in [-0.05, 0) is 30.3 Å². The SMILES string of the molecule is O=C(O)c1cccc2oc(=O)c3ccc(O)cc3c12. The molecule has 5 heteroatoms. The average molecular weight is 256 g/mol. The van der Waals surface area contributed by atoms with Crippen LogP contribution in [0.25, 0.3) is 21.7 Å². The maximum Gasteiger partial charge on any atom is 0.344 e. The minimum absolute atomic E-state index is 0.0249. The molecule has 0 aliphatic carbocycles. The van der Waals surface area contributed by atoms with E-state index in [0.717, 1.165) is 0 Å². The number of carboxylic acids is 1. The smallest absolute Gasteiger partial charge is 0.344 e. The molecule has 3 aromatic rings. The van der Waals surface area contributed by atoms with Gasteiger partial charge in [0.05, 0.1) is 10.9 Å². The van der Waals surface area contributed by atoms with Crippen molar-refractivity contribution in [2.75, 3.05) is 0 Å². The van der Waals surface area contributed by atoms with Crippen LogP contribution < -0.4 is 5.63 Å². The topological polar surface area (TPSA) is 87.7 Å². The summed E-state index contributed by atoms with van der Waals surface area (Å²) < 4.78 is 5.11. The molecule has 0 radical (unpaired) electrons. The number of phenols is 1. The summed E-state index contributed by atoms with van der Waals surface area (Å²) in [5.74, 6) is -1.16. The number of aromatic carboxylic acids is 1. The third-order valence-corrected chi connectivity index (χ3v) is 2.95. The van der Waals surface area contributed by atoms with Gasteiger partial charge in [-0.2, -0.15) is 0 Å². The molecule has 0 amide bonds. The number of hydrogen-bond donors (Lipinski definition) is 2. The van der Waals surface area contributed by atoms with Gasteiger partial charge in [-0.1, -0.05) is 6.07 Å². The van der Waals surface area contributed by atoms with E-state index >= 15 is 0 Å². The largest absolute Gasteiger partial charge is 0.508 e. The Hall–Kier alpha value is -2.82. The Morgan fingerprint density at radius 1 is 1.11 bits per heavy atom. The molecule has 0 aliphatic rings. The lowest BCUT2D eigenvalue weighted by Crippen LogP contribution is -2.03. The summed E-state index contributed by atoms with van der Waals surface area (Å²) >= 11 is 0. The Morgan fingerprint density at radius 3 is 2.63 bits per heavy atom. The monoisotopic (exact) mass is 256 g/mol. The third kappa shape index (κ3) is 1.63. The van der Waals surface area contributed by atoms with Crippen LogP contribution >= 0.6 is 0 Å². The molecule has 0 atom stereocenters. The third-order valence-electron chi connectivity index (χ3n) is 2.95. The van der Waals surface area contributed by atoms with Crippen molar-refractivity contribution >= 4 is 27.7 Å². The van der Waals surface area contributed by atoms with Gasteiger partial charge in [0.1, 0.15) is 11.3 Å². The molecule has 0 bridgehead atoms. The summed E-state index contributed by atoms with van der Waals surface area (Å²) in [4.78, 5) is 23.0.